The van der Waals surface area contributed by atoms with E-state index in [0.717, 1.165) is 32.6 Å². The molecule has 0 aromatic carbocycles. The lowest BCUT2D eigenvalue weighted by Crippen LogP contribution is -2.53. The van der Waals surface area contributed by atoms with Crippen molar-refractivity contribution in [2.45, 2.75) is 57.4 Å². The van der Waals surface area contributed by atoms with Gasteiger partial charge in [-0.1, -0.05) is 13.3 Å². The van der Waals surface area contributed by atoms with E-state index in [2.05, 4.69) is 17.1 Å². The second kappa shape index (κ2) is 6.29. The molecule has 0 aromatic rings. The summed E-state index contributed by atoms with van der Waals surface area (Å²) in [5.41, 5.74) is 0. The molecule has 4 heteroatoms. The third kappa shape index (κ3) is 3.89. The van der Waals surface area contributed by atoms with Gasteiger partial charge in [0.25, 0.3) is 0 Å². The quantitative estimate of drug-likeness (QED) is 0.836. The van der Waals surface area contributed by atoms with E-state index in [4.69, 9.17) is 0 Å². The lowest BCUT2D eigenvalue weighted by Gasteiger charge is -2.40. The fourth-order valence-electron chi connectivity index (χ4n) is 3.42. The minimum Gasteiger partial charge on any atom is -0.314 e. The van der Waals surface area contributed by atoms with E-state index in [1.807, 2.05) is 0 Å². The van der Waals surface area contributed by atoms with Gasteiger partial charge in [0.05, 0.1) is 0 Å². The fraction of sp³-hybridized carbons (Fsp3) is 1.00. The number of nitrogens with one attached hydrogen (secondary N) is 1. The van der Waals surface area contributed by atoms with Gasteiger partial charge in [-0.05, 0) is 25.2 Å². The van der Waals surface area contributed by atoms with Crippen LogP contribution in [0.2, 0.25) is 0 Å². The second-order valence-electron chi connectivity index (χ2n) is 5.96. The summed E-state index contributed by atoms with van der Waals surface area (Å²) >= 11 is 0. The molecule has 1 saturated carbocycles. The number of alkyl halides is 2. The van der Waals surface area contributed by atoms with Crippen molar-refractivity contribution >= 4 is 0 Å². The van der Waals surface area contributed by atoms with E-state index < -0.39 is 5.92 Å². The van der Waals surface area contributed by atoms with Gasteiger partial charge in [0.1, 0.15) is 0 Å². The summed E-state index contributed by atoms with van der Waals surface area (Å²) in [7, 11) is 0. The Kier molecular flexibility index (Phi) is 4.96. The normalized spacial score (nSPS) is 33.5. The molecule has 18 heavy (non-hydrogen) atoms. The van der Waals surface area contributed by atoms with Gasteiger partial charge in [-0.3, -0.25) is 4.90 Å². The van der Waals surface area contributed by atoms with Crippen LogP contribution in [0.3, 0.4) is 0 Å². The first kappa shape index (κ1) is 14.2. The van der Waals surface area contributed by atoms with Crippen LogP contribution in [0.25, 0.3) is 0 Å². The van der Waals surface area contributed by atoms with E-state index in [1.165, 1.54) is 12.8 Å². The zero-order valence-corrected chi connectivity index (χ0v) is 11.4. The van der Waals surface area contributed by atoms with E-state index >= 15 is 0 Å². The molecule has 1 N–H and O–H groups in total. The van der Waals surface area contributed by atoms with E-state index in [-0.39, 0.29) is 18.8 Å². The van der Waals surface area contributed by atoms with Crippen LogP contribution in [-0.4, -0.2) is 43.0 Å². The lowest BCUT2D eigenvalue weighted by atomic mass is 9.85. The molecule has 2 fully saturated rings. The summed E-state index contributed by atoms with van der Waals surface area (Å²) in [5.74, 6) is -2.21. The smallest absolute Gasteiger partial charge is 0.248 e. The molecule has 2 atom stereocenters. The Morgan fingerprint density at radius 2 is 2.22 bits per heavy atom. The predicted molar refractivity (Wildman–Crippen MR) is 70.0 cm³/mol. The Morgan fingerprint density at radius 3 is 2.94 bits per heavy atom. The Labute approximate surface area is 109 Å². The zero-order chi connectivity index (χ0) is 13.0. The molecule has 0 amide bonds. The molecular weight excluding hydrogens is 234 g/mol. The number of piperazine rings is 1. The highest BCUT2D eigenvalue weighted by Gasteiger charge is 2.37. The minimum absolute atomic E-state index is 0.101. The monoisotopic (exact) mass is 260 g/mol. The average molecular weight is 260 g/mol. The maximum Gasteiger partial charge on any atom is 0.248 e. The first-order valence-corrected chi connectivity index (χ1v) is 7.43. The van der Waals surface area contributed by atoms with Gasteiger partial charge >= 0.3 is 0 Å². The highest BCUT2D eigenvalue weighted by atomic mass is 19.3. The number of halogens is 2. The molecule has 2 nitrogen and oxygen atoms in total. The lowest BCUT2D eigenvalue weighted by molar-refractivity contribution is -0.0595. The first-order chi connectivity index (χ1) is 8.61. The van der Waals surface area contributed by atoms with Gasteiger partial charge in [-0.15, -0.1) is 0 Å². The fourth-order valence-corrected chi connectivity index (χ4v) is 3.42. The zero-order valence-electron chi connectivity index (χ0n) is 11.4. The summed E-state index contributed by atoms with van der Waals surface area (Å²) in [6.07, 6.45) is 4.24. The predicted octanol–water partition coefficient (Wildman–Crippen LogP) is 2.89. The molecule has 0 radical (unpaired) electrons. The van der Waals surface area contributed by atoms with Gasteiger partial charge in [-0.25, -0.2) is 8.78 Å². The van der Waals surface area contributed by atoms with Crippen LogP contribution in [0, 0.1) is 5.92 Å². The highest BCUT2D eigenvalue weighted by Crippen LogP contribution is 2.37. The van der Waals surface area contributed by atoms with Crippen LogP contribution in [0.4, 0.5) is 8.78 Å². The van der Waals surface area contributed by atoms with Gasteiger partial charge in [0.15, 0.2) is 0 Å². The van der Waals surface area contributed by atoms with Crippen molar-refractivity contribution in [2.24, 2.45) is 5.92 Å². The average Bonchev–Trinajstić information content (AvgIpc) is 2.31. The van der Waals surface area contributed by atoms with E-state index in [0.29, 0.717) is 12.5 Å². The molecule has 1 heterocycles. The van der Waals surface area contributed by atoms with Crippen molar-refractivity contribution in [3.05, 3.63) is 0 Å². The van der Waals surface area contributed by atoms with Gasteiger partial charge in [-0.2, -0.15) is 0 Å². The molecule has 0 aromatic heterocycles. The molecular formula is C14H26F2N2. The molecule has 106 valence electrons. The molecule has 1 aliphatic carbocycles. The van der Waals surface area contributed by atoms with Crippen molar-refractivity contribution in [3.8, 4) is 0 Å². The van der Waals surface area contributed by atoms with Crippen LogP contribution in [-0.2, 0) is 0 Å². The maximum atomic E-state index is 13.4. The number of hydrogen-bond donors (Lipinski definition) is 1. The molecule has 0 bridgehead atoms. The van der Waals surface area contributed by atoms with Gasteiger partial charge < -0.3 is 5.32 Å². The van der Waals surface area contributed by atoms with Crippen molar-refractivity contribution < 1.29 is 8.78 Å². The van der Waals surface area contributed by atoms with Crippen molar-refractivity contribution in [2.75, 3.05) is 26.2 Å². The van der Waals surface area contributed by atoms with Gasteiger partial charge in [0.2, 0.25) is 5.92 Å². The number of rotatable bonds is 4. The SMILES string of the molecule is CCCC1CNCCN1CC1CCCC(F)(F)C1. The standard InChI is InChI=1S/C14H26F2N2/c1-2-4-13-10-17-7-8-18(13)11-12-5-3-6-14(15,16)9-12/h12-13,17H,2-11H2,1H3. The van der Waals surface area contributed by atoms with Crippen molar-refractivity contribution in [1.82, 2.24) is 10.2 Å². The van der Waals surface area contributed by atoms with Crippen LogP contribution in [0.1, 0.15) is 45.4 Å². The Hall–Kier alpha value is -0.220. The summed E-state index contributed by atoms with van der Waals surface area (Å²) in [6, 6.07) is 0.555. The van der Waals surface area contributed by atoms with Crippen molar-refractivity contribution in [1.29, 1.82) is 0 Å². The Morgan fingerprint density at radius 1 is 1.39 bits per heavy atom. The van der Waals surface area contributed by atoms with Crippen LogP contribution >= 0.6 is 0 Å². The van der Waals surface area contributed by atoms with E-state index in [1.54, 1.807) is 0 Å². The maximum absolute atomic E-state index is 13.4. The summed E-state index contributed by atoms with van der Waals surface area (Å²) < 4.78 is 26.8. The summed E-state index contributed by atoms with van der Waals surface area (Å²) in [4.78, 5) is 2.45. The molecule has 0 spiro atoms. The minimum atomic E-state index is -2.41. The van der Waals surface area contributed by atoms with E-state index in [9.17, 15) is 8.78 Å². The first-order valence-electron chi connectivity index (χ1n) is 7.43. The highest BCUT2D eigenvalue weighted by molar-refractivity contribution is 4.85. The Balaban J connectivity index is 1.86. The van der Waals surface area contributed by atoms with Crippen LogP contribution < -0.4 is 5.32 Å². The van der Waals surface area contributed by atoms with Crippen LogP contribution in [0.15, 0.2) is 0 Å². The number of hydrogen-bond acceptors (Lipinski definition) is 2. The Bertz CT molecular complexity index is 256. The number of nitrogens with zero attached hydrogens (tertiary/aromatic N) is 1. The second-order valence-corrected chi connectivity index (χ2v) is 5.96. The van der Waals surface area contributed by atoms with Crippen molar-refractivity contribution in [3.63, 3.8) is 0 Å². The summed E-state index contributed by atoms with van der Waals surface area (Å²) in [5, 5.41) is 3.41. The largest absolute Gasteiger partial charge is 0.314 e. The molecule has 2 unspecified atom stereocenters. The summed E-state index contributed by atoms with van der Waals surface area (Å²) in [6.45, 7) is 6.12. The topological polar surface area (TPSA) is 15.3 Å². The molecule has 2 aliphatic rings. The molecule has 1 aliphatic heterocycles. The third-order valence-corrected chi connectivity index (χ3v) is 4.33. The van der Waals surface area contributed by atoms with Gasteiger partial charge in [0, 0.05) is 45.1 Å². The van der Waals surface area contributed by atoms with Crippen LogP contribution in [0.5, 0.6) is 0 Å². The third-order valence-electron chi connectivity index (χ3n) is 4.33. The molecule has 2 rings (SSSR count). The molecule has 1 saturated heterocycles.